The first kappa shape index (κ1) is 6.66. The minimum absolute atomic E-state index is 0.632. The predicted octanol–water partition coefficient (Wildman–Crippen LogP) is 1.74. The molecule has 2 aliphatic heterocycles. The maximum absolute atomic E-state index is 2.53. The summed E-state index contributed by atoms with van der Waals surface area (Å²) in [6.07, 6.45) is 2.89. The Morgan fingerprint density at radius 3 is 2.40 bits per heavy atom. The van der Waals surface area contributed by atoms with Gasteiger partial charge in [-0.3, -0.25) is 0 Å². The van der Waals surface area contributed by atoms with Crippen LogP contribution in [0.4, 0.5) is 0 Å². The van der Waals surface area contributed by atoms with E-state index in [2.05, 4.69) is 25.8 Å². The van der Waals surface area contributed by atoms with Crippen LogP contribution in [0.2, 0.25) is 0 Å². The number of nitrogens with zero attached hydrogens (tertiary/aromatic N) is 1. The second kappa shape index (κ2) is 1.76. The van der Waals surface area contributed by atoms with Crippen LogP contribution < -0.4 is 0 Å². The molecule has 2 bridgehead atoms. The number of hydrogen-bond donors (Lipinski definition) is 0. The van der Waals surface area contributed by atoms with Crippen molar-refractivity contribution in [1.82, 2.24) is 4.90 Å². The zero-order valence-corrected chi connectivity index (χ0v) is 7.22. The summed E-state index contributed by atoms with van der Waals surface area (Å²) in [7, 11) is 2.27. The predicted molar refractivity (Wildman–Crippen MR) is 42.9 cm³/mol. The summed E-state index contributed by atoms with van der Waals surface area (Å²) >= 11 is 0. The Morgan fingerprint density at radius 1 is 1.40 bits per heavy atom. The minimum Gasteiger partial charge on any atom is -0.303 e. The highest BCUT2D eigenvalue weighted by Gasteiger charge is 2.52. The van der Waals surface area contributed by atoms with Crippen molar-refractivity contribution < 1.29 is 0 Å². The Hall–Kier alpha value is -0.0400. The largest absolute Gasteiger partial charge is 0.303 e. The lowest BCUT2D eigenvalue weighted by atomic mass is 9.55. The fourth-order valence-corrected chi connectivity index (χ4v) is 2.74. The van der Waals surface area contributed by atoms with Crippen LogP contribution in [0.3, 0.4) is 0 Å². The highest BCUT2D eigenvalue weighted by Crippen LogP contribution is 2.53. The highest BCUT2D eigenvalue weighted by atomic mass is 15.2. The Morgan fingerprint density at radius 2 is 2.10 bits per heavy atom. The first-order chi connectivity index (χ1) is 4.62. The van der Waals surface area contributed by atoms with Crippen molar-refractivity contribution in [2.45, 2.75) is 32.7 Å². The maximum Gasteiger partial charge on any atom is 0.0149 e. The summed E-state index contributed by atoms with van der Waals surface area (Å²) in [6.45, 7) is 6.17. The third kappa shape index (κ3) is 0.619. The van der Waals surface area contributed by atoms with Crippen molar-refractivity contribution >= 4 is 0 Å². The molecule has 3 aliphatic rings. The smallest absolute Gasteiger partial charge is 0.0149 e. The van der Waals surface area contributed by atoms with Crippen molar-refractivity contribution in [2.75, 3.05) is 13.6 Å². The van der Waals surface area contributed by atoms with E-state index in [1.807, 2.05) is 0 Å². The van der Waals surface area contributed by atoms with Gasteiger partial charge in [0.25, 0.3) is 0 Å². The molecule has 1 saturated carbocycles. The Kier molecular flexibility index (Phi) is 1.17. The van der Waals surface area contributed by atoms with Crippen LogP contribution in [0.15, 0.2) is 0 Å². The SMILES string of the molecule is CN1CCC2CC1C2(C)C. The average Bonchev–Trinajstić information content (AvgIpc) is 1.87. The van der Waals surface area contributed by atoms with E-state index in [4.69, 9.17) is 0 Å². The zero-order valence-electron chi connectivity index (χ0n) is 7.22. The van der Waals surface area contributed by atoms with Gasteiger partial charge in [0.05, 0.1) is 0 Å². The molecule has 10 heavy (non-hydrogen) atoms. The van der Waals surface area contributed by atoms with Crippen molar-refractivity contribution in [3.05, 3.63) is 0 Å². The number of fused-ring (bicyclic) bond motifs is 2. The standard InChI is InChI=1S/C9H17N/c1-9(2)7-4-5-10(3)8(9)6-7/h7-8H,4-6H2,1-3H3. The minimum atomic E-state index is 0.632. The van der Waals surface area contributed by atoms with Crippen LogP contribution in [0.25, 0.3) is 0 Å². The van der Waals surface area contributed by atoms with Gasteiger partial charge >= 0.3 is 0 Å². The van der Waals surface area contributed by atoms with Crippen LogP contribution in [-0.4, -0.2) is 24.5 Å². The fraction of sp³-hybridized carbons (Fsp3) is 1.00. The van der Waals surface area contributed by atoms with Gasteiger partial charge in [0.1, 0.15) is 0 Å². The lowest BCUT2D eigenvalue weighted by Crippen LogP contribution is -2.62. The molecule has 3 fully saturated rings. The average molecular weight is 139 g/mol. The van der Waals surface area contributed by atoms with Crippen LogP contribution in [0.1, 0.15) is 26.7 Å². The van der Waals surface area contributed by atoms with Gasteiger partial charge in [-0.05, 0) is 37.8 Å². The molecule has 0 N–H and O–H groups in total. The molecule has 2 saturated heterocycles. The first-order valence-electron chi connectivity index (χ1n) is 4.32. The van der Waals surface area contributed by atoms with Crippen LogP contribution in [0.5, 0.6) is 0 Å². The lowest BCUT2D eigenvalue weighted by molar-refractivity contribution is -0.101. The van der Waals surface area contributed by atoms with Crippen molar-refractivity contribution in [2.24, 2.45) is 11.3 Å². The molecule has 0 radical (unpaired) electrons. The van der Waals surface area contributed by atoms with E-state index in [1.165, 1.54) is 19.4 Å². The van der Waals surface area contributed by atoms with E-state index in [1.54, 1.807) is 0 Å². The van der Waals surface area contributed by atoms with E-state index in [-0.39, 0.29) is 0 Å². The maximum atomic E-state index is 2.53. The summed E-state index contributed by atoms with van der Waals surface area (Å²) in [6, 6.07) is 0.895. The van der Waals surface area contributed by atoms with Crippen molar-refractivity contribution in [3.8, 4) is 0 Å². The third-order valence-electron chi connectivity index (χ3n) is 3.78. The molecule has 0 aromatic carbocycles. The van der Waals surface area contributed by atoms with Crippen LogP contribution in [-0.2, 0) is 0 Å². The topological polar surface area (TPSA) is 3.24 Å². The van der Waals surface area contributed by atoms with E-state index in [0.29, 0.717) is 5.41 Å². The molecule has 3 rings (SSSR count). The van der Waals surface area contributed by atoms with E-state index < -0.39 is 0 Å². The van der Waals surface area contributed by atoms with E-state index in [0.717, 1.165) is 12.0 Å². The molecule has 1 heteroatoms. The molecule has 58 valence electrons. The Labute approximate surface area is 63.4 Å². The molecule has 0 aromatic heterocycles. The zero-order chi connectivity index (χ0) is 7.35. The molecular weight excluding hydrogens is 122 g/mol. The van der Waals surface area contributed by atoms with Crippen LogP contribution in [0, 0.1) is 11.3 Å². The summed E-state index contributed by atoms with van der Waals surface area (Å²) in [4.78, 5) is 2.53. The lowest BCUT2D eigenvalue weighted by Gasteiger charge is -2.60. The summed E-state index contributed by atoms with van der Waals surface area (Å²) in [5.74, 6) is 1.04. The van der Waals surface area contributed by atoms with E-state index >= 15 is 0 Å². The third-order valence-corrected chi connectivity index (χ3v) is 3.78. The summed E-state index contributed by atoms with van der Waals surface area (Å²) < 4.78 is 0. The molecule has 2 unspecified atom stereocenters. The quantitative estimate of drug-likeness (QED) is 0.494. The molecule has 2 atom stereocenters. The Bertz CT molecular complexity index is 149. The first-order valence-corrected chi connectivity index (χ1v) is 4.32. The monoisotopic (exact) mass is 139 g/mol. The molecule has 1 aliphatic carbocycles. The van der Waals surface area contributed by atoms with Crippen LogP contribution >= 0.6 is 0 Å². The molecule has 0 amide bonds. The number of rotatable bonds is 0. The second-order valence-electron chi connectivity index (χ2n) is 4.54. The highest BCUT2D eigenvalue weighted by molar-refractivity contribution is 5.05. The van der Waals surface area contributed by atoms with E-state index in [9.17, 15) is 0 Å². The van der Waals surface area contributed by atoms with Crippen molar-refractivity contribution in [1.29, 1.82) is 0 Å². The van der Waals surface area contributed by atoms with Gasteiger partial charge in [-0.1, -0.05) is 13.8 Å². The van der Waals surface area contributed by atoms with Gasteiger partial charge in [-0.2, -0.15) is 0 Å². The fourth-order valence-electron chi connectivity index (χ4n) is 2.74. The molecule has 0 spiro atoms. The number of piperidine rings is 2. The van der Waals surface area contributed by atoms with Gasteiger partial charge in [-0.25, -0.2) is 0 Å². The molecule has 1 nitrogen and oxygen atoms in total. The van der Waals surface area contributed by atoms with Gasteiger partial charge in [-0.15, -0.1) is 0 Å². The number of hydrogen-bond acceptors (Lipinski definition) is 1. The van der Waals surface area contributed by atoms with Gasteiger partial charge in [0, 0.05) is 6.04 Å². The summed E-state index contributed by atoms with van der Waals surface area (Å²) in [5.41, 5.74) is 0.632. The van der Waals surface area contributed by atoms with Gasteiger partial charge in [0.15, 0.2) is 0 Å². The van der Waals surface area contributed by atoms with Gasteiger partial charge < -0.3 is 4.90 Å². The normalized spacial score (nSPS) is 44.7. The second-order valence-corrected chi connectivity index (χ2v) is 4.54. The molecule has 0 aromatic rings. The van der Waals surface area contributed by atoms with Crippen molar-refractivity contribution in [3.63, 3.8) is 0 Å². The molecule has 2 heterocycles. The summed E-state index contributed by atoms with van der Waals surface area (Å²) in [5, 5.41) is 0. The molecular formula is C9H17N. The van der Waals surface area contributed by atoms with Gasteiger partial charge in [0.2, 0.25) is 0 Å². The Balaban J connectivity index is 2.16.